The molecule has 1 N–H and O–H groups in total. The van der Waals surface area contributed by atoms with Crippen molar-refractivity contribution in [2.24, 2.45) is 0 Å². The largest absolute Gasteiger partial charge is 0.493 e. The second-order valence-corrected chi connectivity index (χ2v) is 6.57. The summed E-state index contributed by atoms with van der Waals surface area (Å²) in [5.74, 6) is 2.81. The van der Waals surface area contributed by atoms with Gasteiger partial charge in [-0.05, 0) is 33.1 Å². The van der Waals surface area contributed by atoms with Crippen LogP contribution >= 0.6 is 0 Å². The molecule has 0 saturated heterocycles. The smallest absolute Gasteiger partial charge is 0.162 e. The maximum atomic E-state index is 5.46. The molecule has 3 rings (SSSR count). The van der Waals surface area contributed by atoms with E-state index in [0.29, 0.717) is 17.3 Å². The van der Waals surface area contributed by atoms with Crippen LogP contribution in [-0.4, -0.2) is 56.3 Å². The summed E-state index contributed by atoms with van der Waals surface area (Å²) in [5.41, 5.74) is 1.79. The van der Waals surface area contributed by atoms with Crippen LogP contribution in [0.25, 0.3) is 22.3 Å². The van der Waals surface area contributed by atoms with Gasteiger partial charge in [0.25, 0.3) is 0 Å². The van der Waals surface area contributed by atoms with Crippen LogP contribution in [0.2, 0.25) is 0 Å². The fraction of sp³-hybridized carbons (Fsp3) is 0.333. The van der Waals surface area contributed by atoms with E-state index >= 15 is 0 Å². The molecule has 0 aliphatic carbocycles. The molecule has 0 atom stereocenters. The molecular formula is C21H26N4O2. The zero-order chi connectivity index (χ0) is 19.2. The van der Waals surface area contributed by atoms with Crippen molar-refractivity contribution in [2.45, 2.75) is 6.42 Å². The lowest BCUT2D eigenvalue weighted by Crippen LogP contribution is -2.17. The molecule has 0 spiro atoms. The fourth-order valence-electron chi connectivity index (χ4n) is 2.91. The average Bonchev–Trinajstić information content (AvgIpc) is 2.70. The Balaban J connectivity index is 2.05. The van der Waals surface area contributed by atoms with Gasteiger partial charge in [-0.3, -0.25) is 0 Å². The number of anilines is 1. The van der Waals surface area contributed by atoms with Crippen LogP contribution in [0.3, 0.4) is 0 Å². The van der Waals surface area contributed by atoms with Gasteiger partial charge in [-0.2, -0.15) is 0 Å². The number of nitrogens with zero attached hydrogens (tertiary/aromatic N) is 3. The summed E-state index contributed by atoms with van der Waals surface area (Å²) in [6.07, 6.45) is 1.02. The van der Waals surface area contributed by atoms with E-state index in [1.54, 1.807) is 14.2 Å². The van der Waals surface area contributed by atoms with Crippen molar-refractivity contribution in [3.05, 3.63) is 42.5 Å². The van der Waals surface area contributed by atoms with Gasteiger partial charge in [-0.15, -0.1) is 0 Å². The lowest BCUT2D eigenvalue weighted by Gasteiger charge is -2.15. The van der Waals surface area contributed by atoms with Crippen molar-refractivity contribution < 1.29 is 9.47 Å². The van der Waals surface area contributed by atoms with Gasteiger partial charge in [0, 0.05) is 23.6 Å². The molecule has 0 bridgehead atoms. The van der Waals surface area contributed by atoms with Crippen LogP contribution < -0.4 is 14.8 Å². The summed E-state index contributed by atoms with van der Waals surface area (Å²) < 4.78 is 10.9. The lowest BCUT2D eigenvalue weighted by atomic mass is 10.1. The summed E-state index contributed by atoms with van der Waals surface area (Å²) in [5, 5.41) is 4.38. The van der Waals surface area contributed by atoms with Crippen LogP contribution in [0.4, 0.5) is 5.82 Å². The summed E-state index contributed by atoms with van der Waals surface area (Å²) in [7, 11) is 7.41. The molecule has 2 aromatic carbocycles. The number of benzene rings is 2. The number of ether oxygens (including phenoxy) is 2. The van der Waals surface area contributed by atoms with E-state index in [-0.39, 0.29) is 0 Å². The first-order chi connectivity index (χ1) is 13.1. The van der Waals surface area contributed by atoms with Gasteiger partial charge in [-0.1, -0.05) is 30.3 Å². The van der Waals surface area contributed by atoms with E-state index in [2.05, 4.69) is 24.3 Å². The van der Waals surface area contributed by atoms with Crippen molar-refractivity contribution in [3.63, 3.8) is 0 Å². The van der Waals surface area contributed by atoms with Crippen LogP contribution in [-0.2, 0) is 0 Å². The molecule has 0 aliphatic rings. The molecule has 0 fully saturated rings. The van der Waals surface area contributed by atoms with Crippen molar-refractivity contribution in [3.8, 4) is 22.9 Å². The van der Waals surface area contributed by atoms with E-state index < -0.39 is 0 Å². The molecule has 0 amide bonds. The van der Waals surface area contributed by atoms with E-state index in [1.807, 2.05) is 42.5 Å². The Morgan fingerprint density at radius 1 is 0.963 bits per heavy atom. The molecule has 142 valence electrons. The monoisotopic (exact) mass is 366 g/mol. The minimum atomic E-state index is 0.654. The molecule has 6 heteroatoms. The minimum Gasteiger partial charge on any atom is -0.493 e. The number of rotatable bonds is 8. The highest BCUT2D eigenvalue weighted by atomic mass is 16.5. The molecule has 0 saturated carbocycles. The Labute approximate surface area is 160 Å². The predicted octanol–water partition coefficient (Wildman–Crippen LogP) is 3.68. The van der Waals surface area contributed by atoms with Gasteiger partial charge in [0.1, 0.15) is 5.82 Å². The van der Waals surface area contributed by atoms with Gasteiger partial charge in [0.2, 0.25) is 0 Å². The third-order valence-electron chi connectivity index (χ3n) is 4.31. The molecule has 0 unspecified atom stereocenters. The standard InChI is InChI=1S/C21H26N4O2/c1-25(2)12-8-11-22-21-16-13-18(26-3)19(27-4)14-17(16)23-20(24-21)15-9-6-5-7-10-15/h5-7,9-10,13-14H,8,11-12H2,1-4H3,(H,22,23,24). The summed E-state index contributed by atoms with van der Waals surface area (Å²) in [6.45, 7) is 1.84. The Morgan fingerprint density at radius 3 is 2.33 bits per heavy atom. The molecular weight excluding hydrogens is 340 g/mol. The van der Waals surface area contributed by atoms with E-state index in [1.165, 1.54) is 0 Å². The second-order valence-electron chi connectivity index (χ2n) is 6.57. The van der Waals surface area contributed by atoms with Crippen molar-refractivity contribution in [1.82, 2.24) is 14.9 Å². The fourth-order valence-corrected chi connectivity index (χ4v) is 2.91. The summed E-state index contributed by atoms with van der Waals surface area (Å²) in [4.78, 5) is 11.7. The first-order valence-corrected chi connectivity index (χ1v) is 9.00. The zero-order valence-electron chi connectivity index (χ0n) is 16.3. The van der Waals surface area contributed by atoms with Crippen molar-refractivity contribution in [1.29, 1.82) is 0 Å². The van der Waals surface area contributed by atoms with Crippen molar-refractivity contribution >= 4 is 16.7 Å². The third-order valence-corrected chi connectivity index (χ3v) is 4.31. The Hall–Kier alpha value is -2.86. The SMILES string of the molecule is COc1cc2nc(-c3ccccc3)nc(NCCCN(C)C)c2cc1OC. The Kier molecular flexibility index (Phi) is 6.08. The van der Waals surface area contributed by atoms with Gasteiger partial charge in [-0.25, -0.2) is 9.97 Å². The minimum absolute atomic E-state index is 0.654. The molecule has 1 heterocycles. The van der Waals surface area contributed by atoms with Crippen molar-refractivity contribution in [2.75, 3.05) is 46.7 Å². The zero-order valence-corrected chi connectivity index (χ0v) is 16.3. The molecule has 0 radical (unpaired) electrons. The van der Waals surface area contributed by atoms with Gasteiger partial charge < -0.3 is 19.7 Å². The molecule has 0 aliphatic heterocycles. The van der Waals surface area contributed by atoms with Crippen LogP contribution in [0, 0.1) is 0 Å². The number of fused-ring (bicyclic) bond motifs is 1. The van der Waals surface area contributed by atoms with E-state index in [4.69, 9.17) is 19.4 Å². The topological polar surface area (TPSA) is 59.5 Å². The maximum absolute atomic E-state index is 5.46. The average molecular weight is 366 g/mol. The predicted molar refractivity (Wildman–Crippen MR) is 110 cm³/mol. The second kappa shape index (κ2) is 8.68. The summed E-state index contributed by atoms with van der Waals surface area (Å²) >= 11 is 0. The van der Waals surface area contributed by atoms with Crippen LogP contribution in [0.1, 0.15) is 6.42 Å². The number of methoxy groups -OCH3 is 2. The van der Waals surface area contributed by atoms with Gasteiger partial charge in [0.05, 0.1) is 19.7 Å². The molecule has 6 nitrogen and oxygen atoms in total. The van der Waals surface area contributed by atoms with Gasteiger partial charge in [0.15, 0.2) is 17.3 Å². The normalized spacial score (nSPS) is 11.0. The maximum Gasteiger partial charge on any atom is 0.162 e. The number of hydrogen-bond acceptors (Lipinski definition) is 6. The first-order valence-electron chi connectivity index (χ1n) is 9.00. The molecule has 1 aromatic heterocycles. The Bertz CT molecular complexity index is 898. The highest BCUT2D eigenvalue weighted by Crippen LogP contribution is 2.35. The third kappa shape index (κ3) is 4.46. The number of nitrogens with one attached hydrogen (secondary N) is 1. The van der Waals surface area contributed by atoms with E-state index in [9.17, 15) is 0 Å². The van der Waals surface area contributed by atoms with Crippen LogP contribution in [0.15, 0.2) is 42.5 Å². The molecule has 3 aromatic rings. The highest BCUT2D eigenvalue weighted by molar-refractivity contribution is 5.93. The quantitative estimate of drug-likeness (QED) is 0.614. The van der Waals surface area contributed by atoms with Crippen LogP contribution in [0.5, 0.6) is 11.5 Å². The molecule has 27 heavy (non-hydrogen) atoms. The Morgan fingerprint density at radius 2 is 1.67 bits per heavy atom. The van der Waals surface area contributed by atoms with Gasteiger partial charge >= 0.3 is 0 Å². The lowest BCUT2D eigenvalue weighted by molar-refractivity contribution is 0.356. The number of aromatic nitrogens is 2. The highest BCUT2D eigenvalue weighted by Gasteiger charge is 2.14. The number of hydrogen-bond donors (Lipinski definition) is 1. The summed E-state index contributed by atoms with van der Waals surface area (Å²) in [6, 6.07) is 13.8. The first kappa shape index (κ1) is 18.9. The van der Waals surface area contributed by atoms with E-state index in [0.717, 1.165) is 41.8 Å².